The minimum absolute atomic E-state index is 1.38. The number of hydrogen-bond donors (Lipinski definition) is 0. The zero-order chi connectivity index (χ0) is 24.6. The van der Waals surface area contributed by atoms with Crippen LogP contribution in [0.1, 0.15) is 124 Å². The Morgan fingerprint density at radius 2 is 0.758 bits per heavy atom. The van der Waals surface area contributed by atoms with Crippen molar-refractivity contribution in [2.75, 3.05) is 0 Å². The van der Waals surface area contributed by atoms with Crippen LogP contribution < -0.4 is 7.16 Å². The number of rotatable bonds is 20. The quantitative estimate of drug-likeness (QED) is 0.121. The van der Waals surface area contributed by atoms with Crippen molar-refractivity contribution in [3.63, 3.8) is 0 Å². The van der Waals surface area contributed by atoms with Gasteiger partial charge < -0.3 is 0 Å². The van der Waals surface area contributed by atoms with Gasteiger partial charge in [0.2, 0.25) is 0 Å². The van der Waals surface area contributed by atoms with E-state index < -0.39 is 36.8 Å². The van der Waals surface area contributed by atoms with Gasteiger partial charge in [0.1, 0.15) is 0 Å². The predicted octanol–water partition coefficient (Wildman–Crippen LogP) is 10.1. The Balaban J connectivity index is 3.77. The molecule has 192 valence electrons. The van der Waals surface area contributed by atoms with E-state index in [4.69, 9.17) is 0 Å². The third kappa shape index (κ3) is 10.0. The predicted molar refractivity (Wildman–Crippen MR) is 160 cm³/mol. The van der Waals surface area contributed by atoms with Crippen LogP contribution in [0.3, 0.4) is 0 Å². The second-order valence-corrected chi connectivity index (χ2v) is 37.5. The normalized spacial score (nSPS) is 12.5. The van der Waals surface area contributed by atoms with Gasteiger partial charge in [-0.1, -0.05) is 0 Å². The van der Waals surface area contributed by atoms with Crippen LogP contribution in [-0.2, 0) is 0 Å². The molecule has 0 saturated carbocycles. The Morgan fingerprint density at radius 3 is 1.06 bits per heavy atom. The van der Waals surface area contributed by atoms with E-state index in [1.165, 1.54) is 77.0 Å². The van der Waals surface area contributed by atoms with Crippen LogP contribution in [0.25, 0.3) is 0 Å². The van der Waals surface area contributed by atoms with Gasteiger partial charge in [0, 0.05) is 0 Å². The zero-order valence-corrected chi connectivity index (χ0v) is 29.7. The van der Waals surface area contributed by atoms with E-state index in [1.807, 2.05) is 0 Å². The zero-order valence-electron chi connectivity index (χ0n) is 24.0. The van der Waals surface area contributed by atoms with Crippen LogP contribution in [0.15, 0.2) is 18.2 Å². The first-order valence-corrected chi connectivity index (χ1v) is 30.1. The van der Waals surface area contributed by atoms with Gasteiger partial charge in [-0.2, -0.15) is 0 Å². The van der Waals surface area contributed by atoms with Crippen molar-refractivity contribution in [3.05, 3.63) is 23.8 Å². The molecule has 0 aromatic heterocycles. The molecule has 1 aromatic carbocycles. The van der Waals surface area contributed by atoms with E-state index in [0.29, 0.717) is 0 Å². The molecule has 0 N–H and O–H groups in total. The molecule has 0 spiro atoms. The van der Waals surface area contributed by atoms with E-state index in [1.54, 1.807) is 32.2 Å². The fourth-order valence-electron chi connectivity index (χ4n) is 6.21. The maximum atomic E-state index is 2.81. The first kappa shape index (κ1) is 31.8. The van der Waals surface area contributed by atoms with Crippen molar-refractivity contribution in [3.8, 4) is 0 Å². The molecule has 0 nitrogen and oxygen atoms in total. The summed E-state index contributed by atoms with van der Waals surface area (Å²) in [5, 5.41) is 0. The number of hydrogen-bond acceptors (Lipinski definition) is 0. The van der Waals surface area contributed by atoms with Gasteiger partial charge in [-0.05, 0) is 0 Å². The van der Waals surface area contributed by atoms with E-state index in [2.05, 4.69) is 73.8 Å². The Morgan fingerprint density at radius 1 is 0.455 bits per heavy atom. The van der Waals surface area contributed by atoms with Crippen molar-refractivity contribution in [1.29, 1.82) is 0 Å². The summed E-state index contributed by atoms with van der Waals surface area (Å²) in [4.78, 5) is 0. The summed E-state index contributed by atoms with van der Waals surface area (Å²) >= 11 is -4.92. The standard InChI is InChI=1S/C7H6.6C4H9.2Sn/c1-7-5-3-2-4-6-7;6*1-3-4-2;;/h3,5-6H,1H3;6*1,3-4H2,2H3;;. The van der Waals surface area contributed by atoms with Crippen molar-refractivity contribution in [2.24, 2.45) is 0 Å². The molecule has 0 bridgehead atoms. The SMILES string of the molecule is CCC[CH2][Sn]([CH2]CCC)([CH2]CCC)[c]1ccc(C)c[c]1[Sn]([CH2]CCC)([CH2]CCC)[CH2]CCC. The molecule has 0 atom stereocenters. The summed E-state index contributed by atoms with van der Waals surface area (Å²) in [5.41, 5.74) is 1.56. The van der Waals surface area contributed by atoms with Crippen LogP contribution in [0.5, 0.6) is 0 Å². The van der Waals surface area contributed by atoms with E-state index in [-0.39, 0.29) is 0 Å². The molecular formula is C31H60Sn2. The summed E-state index contributed by atoms with van der Waals surface area (Å²) in [6.45, 7) is 17.0. The molecule has 0 saturated heterocycles. The maximum absolute atomic E-state index is 2.81. The van der Waals surface area contributed by atoms with Crippen LogP contribution in [0.4, 0.5) is 0 Å². The number of benzene rings is 1. The average molecular weight is 670 g/mol. The van der Waals surface area contributed by atoms with E-state index in [0.717, 1.165) is 0 Å². The van der Waals surface area contributed by atoms with Gasteiger partial charge in [-0.25, -0.2) is 0 Å². The van der Waals surface area contributed by atoms with Gasteiger partial charge >= 0.3 is 220 Å². The fraction of sp³-hybridized carbons (Fsp3) is 0.806. The first-order chi connectivity index (χ1) is 16.0. The third-order valence-electron chi connectivity index (χ3n) is 8.37. The fourth-order valence-corrected chi connectivity index (χ4v) is 49.4. The monoisotopic (exact) mass is 672 g/mol. The van der Waals surface area contributed by atoms with Gasteiger partial charge in [0.25, 0.3) is 0 Å². The molecule has 0 heterocycles. The average Bonchev–Trinajstić information content (AvgIpc) is 2.84. The second kappa shape index (κ2) is 18.1. The Hall–Kier alpha value is 0.817. The molecule has 2 heteroatoms. The summed E-state index contributed by atoms with van der Waals surface area (Å²) in [7, 11) is 0. The van der Waals surface area contributed by atoms with E-state index in [9.17, 15) is 0 Å². The minimum atomic E-state index is -2.46. The summed E-state index contributed by atoms with van der Waals surface area (Å²) < 4.78 is 13.9. The molecule has 0 aliphatic rings. The molecule has 33 heavy (non-hydrogen) atoms. The Kier molecular flexibility index (Phi) is 17.5. The molecule has 0 amide bonds. The van der Waals surface area contributed by atoms with Gasteiger partial charge in [-0.3, -0.25) is 0 Å². The molecule has 0 aliphatic heterocycles. The van der Waals surface area contributed by atoms with Crippen LogP contribution in [-0.4, -0.2) is 36.8 Å². The van der Waals surface area contributed by atoms with Gasteiger partial charge in [-0.15, -0.1) is 0 Å². The summed E-state index contributed by atoms with van der Waals surface area (Å²) in [5.74, 6) is 0. The summed E-state index contributed by atoms with van der Waals surface area (Å²) in [6, 6.07) is 8.10. The number of aryl methyl sites for hydroxylation is 1. The topological polar surface area (TPSA) is 0 Å². The van der Waals surface area contributed by atoms with Gasteiger partial charge in [0.15, 0.2) is 0 Å². The van der Waals surface area contributed by atoms with Crippen molar-refractivity contribution in [1.82, 2.24) is 0 Å². The molecule has 0 fully saturated rings. The Bertz CT molecular complexity index is 578. The molecule has 0 unspecified atom stereocenters. The first-order valence-electron chi connectivity index (χ1n) is 15.1. The van der Waals surface area contributed by atoms with Crippen LogP contribution in [0.2, 0.25) is 26.6 Å². The molecular weight excluding hydrogens is 610 g/mol. The molecule has 0 radical (unpaired) electrons. The summed E-state index contributed by atoms with van der Waals surface area (Å²) in [6.07, 6.45) is 17.2. The van der Waals surface area contributed by atoms with E-state index >= 15 is 0 Å². The second-order valence-electron chi connectivity index (χ2n) is 11.2. The molecule has 1 rings (SSSR count). The van der Waals surface area contributed by atoms with Crippen molar-refractivity contribution < 1.29 is 0 Å². The molecule has 1 aromatic rings. The van der Waals surface area contributed by atoms with Crippen LogP contribution >= 0.6 is 0 Å². The number of unbranched alkanes of at least 4 members (excludes halogenated alkanes) is 6. The molecule has 0 aliphatic carbocycles. The van der Waals surface area contributed by atoms with Crippen molar-refractivity contribution in [2.45, 2.75) is 152 Å². The van der Waals surface area contributed by atoms with Crippen LogP contribution in [0, 0.1) is 6.92 Å². The Labute approximate surface area is 218 Å². The van der Waals surface area contributed by atoms with Gasteiger partial charge in [0.05, 0.1) is 0 Å². The third-order valence-corrected chi connectivity index (χ3v) is 41.8. The van der Waals surface area contributed by atoms with Crippen molar-refractivity contribution >= 4 is 43.9 Å².